The second kappa shape index (κ2) is 7.76. The van der Waals surface area contributed by atoms with E-state index >= 15 is 0 Å². The summed E-state index contributed by atoms with van der Waals surface area (Å²) < 4.78 is 30.5. The zero-order valence-corrected chi connectivity index (χ0v) is 10.3. The van der Waals surface area contributed by atoms with E-state index in [2.05, 4.69) is 5.32 Å². The summed E-state index contributed by atoms with van der Waals surface area (Å²) in [6.07, 6.45) is 0.808. The molecule has 1 rings (SSSR count). The minimum Gasteiger partial charge on any atom is -0.466 e. The van der Waals surface area contributed by atoms with Gasteiger partial charge in [-0.2, -0.15) is 0 Å². The van der Waals surface area contributed by atoms with Gasteiger partial charge >= 0.3 is 5.97 Å². The number of carbonyl (C=O) groups excluding carboxylic acids is 1. The van der Waals surface area contributed by atoms with Gasteiger partial charge in [0.1, 0.15) is 11.6 Å². The van der Waals surface area contributed by atoms with Crippen molar-refractivity contribution < 1.29 is 18.3 Å². The van der Waals surface area contributed by atoms with Gasteiger partial charge in [0.15, 0.2) is 0 Å². The topological polar surface area (TPSA) is 38.3 Å². The van der Waals surface area contributed by atoms with Crippen LogP contribution in [0.2, 0.25) is 0 Å². The van der Waals surface area contributed by atoms with Gasteiger partial charge in [-0.15, -0.1) is 0 Å². The predicted molar refractivity (Wildman–Crippen MR) is 64.2 cm³/mol. The molecule has 0 saturated carbocycles. The highest BCUT2D eigenvalue weighted by atomic mass is 19.1. The Hall–Kier alpha value is -1.49. The van der Waals surface area contributed by atoms with Crippen LogP contribution in [0.4, 0.5) is 8.78 Å². The van der Waals surface area contributed by atoms with E-state index in [9.17, 15) is 13.6 Å². The second-order valence-electron chi connectivity index (χ2n) is 3.83. The highest BCUT2D eigenvalue weighted by molar-refractivity contribution is 5.69. The first-order valence-electron chi connectivity index (χ1n) is 5.93. The molecule has 0 spiro atoms. The van der Waals surface area contributed by atoms with Crippen LogP contribution in [0, 0.1) is 11.6 Å². The zero-order valence-electron chi connectivity index (χ0n) is 10.3. The summed E-state index contributed by atoms with van der Waals surface area (Å²) in [7, 11) is 0. The molecule has 0 radical (unpaired) electrons. The van der Waals surface area contributed by atoms with E-state index in [0.717, 1.165) is 6.07 Å². The number of esters is 1. The first-order chi connectivity index (χ1) is 8.61. The summed E-state index contributed by atoms with van der Waals surface area (Å²) in [5, 5.41) is 3.02. The third-order valence-electron chi connectivity index (χ3n) is 2.32. The molecule has 0 aliphatic carbocycles. The third kappa shape index (κ3) is 5.72. The lowest BCUT2D eigenvalue weighted by atomic mass is 10.1. The van der Waals surface area contributed by atoms with Crippen molar-refractivity contribution in [3.05, 3.63) is 35.4 Å². The van der Waals surface area contributed by atoms with Crippen molar-refractivity contribution >= 4 is 5.97 Å². The Morgan fingerprint density at radius 3 is 2.50 bits per heavy atom. The molecule has 3 nitrogen and oxygen atoms in total. The highest BCUT2D eigenvalue weighted by Gasteiger charge is 2.02. The third-order valence-corrected chi connectivity index (χ3v) is 2.32. The summed E-state index contributed by atoms with van der Waals surface area (Å²) in [5.41, 5.74) is 0.594. The summed E-state index contributed by atoms with van der Waals surface area (Å²) in [5.74, 6) is -1.39. The molecule has 0 atom stereocenters. The number of rotatable bonds is 7. The fraction of sp³-hybridized carbons (Fsp3) is 0.462. The Bertz CT molecular complexity index is 376. The highest BCUT2D eigenvalue weighted by Crippen LogP contribution is 2.07. The molecule has 0 aliphatic rings. The van der Waals surface area contributed by atoms with Crippen molar-refractivity contribution in [2.45, 2.75) is 19.8 Å². The van der Waals surface area contributed by atoms with Gasteiger partial charge in [-0.25, -0.2) is 8.78 Å². The first kappa shape index (κ1) is 14.6. The van der Waals surface area contributed by atoms with E-state index < -0.39 is 11.6 Å². The Kier molecular flexibility index (Phi) is 6.28. The molecule has 100 valence electrons. The normalized spacial score (nSPS) is 10.4. The molecule has 0 unspecified atom stereocenters. The van der Waals surface area contributed by atoms with Gasteiger partial charge < -0.3 is 10.1 Å². The van der Waals surface area contributed by atoms with Gasteiger partial charge in [-0.1, -0.05) is 0 Å². The molecular weight excluding hydrogens is 240 g/mol. The van der Waals surface area contributed by atoms with Crippen LogP contribution in [0.25, 0.3) is 0 Å². The molecule has 1 aromatic rings. The van der Waals surface area contributed by atoms with Crippen LogP contribution in [0.5, 0.6) is 0 Å². The summed E-state index contributed by atoms with van der Waals surface area (Å²) in [6, 6.07) is 3.45. The fourth-order valence-electron chi connectivity index (χ4n) is 1.54. The summed E-state index contributed by atoms with van der Waals surface area (Å²) >= 11 is 0. The Morgan fingerprint density at radius 1 is 1.22 bits per heavy atom. The van der Waals surface area contributed by atoms with Crippen LogP contribution in [-0.2, 0) is 16.0 Å². The number of hydrogen-bond acceptors (Lipinski definition) is 3. The molecule has 0 aliphatic heterocycles. The molecule has 0 bridgehead atoms. The van der Waals surface area contributed by atoms with Gasteiger partial charge in [0.25, 0.3) is 0 Å². The van der Waals surface area contributed by atoms with Crippen LogP contribution in [0.3, 0.4) is 0 Å². The minimum absolute atomic E-state index is 0.248. The molecule has 0 amide bonds. The van der Waals surface area contributed by atoms with E-state index in [1.54, 1.807) is 6.92 Å². The molecule has 0 fully saturated rings. The van der Waals surface area contributed by atoms with Crippen LogP contribution in [0.1, 0.15) is 18.9 Å². The smallest absolute Gasteiger partial charge is 0.307 e. The maximum atomic E-state index is 12.9. The van der Waals surface area contributed by atoms with Crippen molar-refractivity contribution in [1.82, 2.24) is 5.32 Å². The maximum absolute atomic E-state index is 12.9. The zero-order chi connectivity index (χ0) is 13.4. The van der Waals surface area contributed by atoms with Gasteiger partial charge in [0, 0.05) is 12.6 Å². The average Bonchev–Trinajstić information content (AvgIpc) is 2.27. The Labute approximate surface area is 105 Å². The molecule has 18 heavy (non-hydrogen) atoms. The number of nitrogens with one attached hydrogen (secondary N) is 1. The summed E-state index contributed by atoms with van der Waals surface area (Å²) in [4.78, 5) is 11.0. The number of ether oxygens (including phenoxy) is 1. The SMILES string of the molecule is CCOC(=O)CCNCCc1cc(F)cc(F)c1. The Morgan fingerprint density at radius 2 is 1.89 bits per heavy atom. The van der Waals surface area contributed by atoms with Gasteiger partial charge in [-0.3, -0.25) is 4.79 Å². The quantitative estimate of drug-likeness (QED) is 0.600. The lowest BCUT2D eigenvalue weighted by Gasteiger charge is -2.05. The van der Waals surface area contributed by atoms with E-state index in [0.29, 0.717) is 38.1 Å². The molecule has 1 aromatic carbocycles. The molecule has 5 heteroatoms. The first-order valence-corrected chi connectivity index (χ1v) is 5.93. The number of benzene rings is 1. The molecular formula is C13H17F2NO2. The van der Waals surface area contributed by atoms with E-state index in [1.165, 1.54) is 12.1 Å². The van der Waals surface area contributed by atoms with E-state index in [4.69, 9.17) is 4.74 Å². The van der Waals surface area contributed by atoms with Crippen molar-refractivity contribution in [1.29, 1.82) is 0 Å². The monoisotopic (exact) mass is 257 g/mol. The van der Waals surface area contributed by atoms with Crippen molar-refractivity contribution in [2.24, 2.45) is 0 Å². The number of carbonyl (C=O) groups is 1. The Balaban J connectivity index is 2.19. The fourth-order valence-corrected chi connectivity index (χ4v) is 1.54. The molecule has 0 aromatic heterocycles. The van der Waals surface area contributed by atoms with Gasteiger partial charge in [0.2, 0.25) is 0 Å². The molecule has 1 N–H and O–H groups in total. The van der Waals surface area contributed by atoms with E-state index in [-0.39, 0.29) is 5.97 Å². The standard InChI is InChI=1S/C13H17F2NO2/c1-2-18-13(17)4-6-16-5-3-10-7-11(14)9-12(15)8-10/h7-9,16H,2-6H2,1H3. The van der Waals surface area contributed by atoms with Crippen LogP contribution in [-0.4, -0.2) is 25.7 Å². The minimum atomic E-state index is -0.573. The largest absolute Gasteiger partial charge is 0.466 e. The second-order valence-corrected chi connectivity index (χ2v) is 3.83. The number of halogens is 2. The molecule has 0 heterocycles. The average molecular weight is 257 g/mol. The van der Waals surface area contributed by atoms with Crippen molar-refractivity contribution in [3.8, 4) is 0 Å². The lowest BCUT2D eigenvalue weighted by molar-refractivity contribution is -0.142. The van der Waals surface area contributed by atoms with Crippen molar-refractivity contribution in [3.63, 3.8) is 0 Å². The molecule has 0 saturated heterocycles. The lowest BCUT2D eigenvalue weighted by Crippen LogP contribution is -2.21. The van der Waals surface area contributed by atoms with Gasteiger partial charge in [0.05, 0.1) is 13.0 Å². The van der Waals surface area contributed by atoms with Crippen LogP contribution in [0.15, 0.2) is 18.2 Å². The van der Waals surface area contributed by atoms with Crippen LogP contribution >= 0.6 is 0 Å². The van der Waals surface area contributed by atoms with Crippen LogP contribution < -0.4 is 5.32 Å². The summed E-state index contributed by atoms with van der Waals surface area (Å²) in [6.45, 7) is 3.18. The van der Waals surface area contributed by atoms with Gasteiger partial charge in [-0.05, 0) is 37.6 Å². The number of hydrogen-bond donors (Lipinski definition) is 1. The van der Waals surface area contributed by atoms with Crippen molar-refractivity contribution in [2.75, 3.05) is 19.7 Å². The van der Waals surface area contributed by atoms with E-state index in [1.807, 2.05) is 0 Å². The maximum Gasteiger partial charge on any atom is 0.307 e. The predicted octanol–water partition coefficient (Wildman–Crippen LogP) is 2.05.